The van der Waals surface area contributed by atoms with E-state index in [0.29, 0.717) is 11.6 Å². The Labute approximate surface area is 144 Å². The van der Waals surface area contributed by atoms with E-state index < -0.39 is 11.9 Å². The highest BCUT2D eigenvalue weighted by Crippen LogP contribution is 2.34. The molecular formula is C18H20F3N3O. The number of halogens is 3. The first kappa shape index (κ1) is 17.7. The van der Waals surface area contributed by atoms with Gasteiger partial charge in [-0.25, -0.2) is 4.98 Å². The van der Waals surface area contributed by atoms with Gasteiger partial charge in [0.15, 0.2) is 0 Å². The molecule has 1 atom stereocenters. The van der Waals surface area contributed by atoms with Crippen molar-refractivity contribution >= 4 is 5.69 Å². The van der Waals surface area contributed by atoms with E-state index in [1.165, 1.54) is 12.3 Å². The number of aliphatic hydroxyl groups is 1. The average Bonchev–Trinajstić information content (AvgIpc) is 2.63. The molecule has 0 saturated carbocycles. The molecule has 1 saturated heterocycles. The maximum atomic E-state index is 12.6. The van der Waals surface area contributed by atoms with Crippen molar-refractivity contribution in [2.75, 3.05) is 24.6 Å². The van der Waals surface area contributed by atoms with Crippen LogP contribution in [0.15, 0.2) is 42.9 Å². The summed E-state index contributed by atoms with van der Waals surface area (Å²) in [4.78, 5) is 9.69. The SMILES string of the molecule is OCC(c1cccnc1)C1CCN(c2ccc(C(F)(F)F)nc2)CC1. The fourth-order valence-corrected chi connectivity index (χ4v) is 3.42. The van der Waals surface area contributed by atoms with Crippen LogP contribution in [0.25, 0.3) is 0 Å². The second-order valence-corrected chi connectivity index (χ2v) is 6.30. The molecule has 2 aromatic heterocycles. The molecule has 7 heteroatoms. The number of aliphatic hydroxyl groups excluding tert-OH is 1. The molecule has 134 valence electrons. The number of hydrogen-bond donors (Lipinski definition) is 1. The van der Waals surface area contributed by atoms with Gasteiger partial charge in [0.1, 0.15) is 5.69 Å². The third-order valence-electron chi connectivity index (χ3n) is 4.82. The van der Waals surface area contributed by atoms with E-state index in [1.807, 2.05) is 17.0 Å². The van der Waals surface area contributed by atoms with Gasteiger partial charge >= 0.3 is 6.18 Å². The maximum absolute atomic E-state index is 12.6. The van der Waals surface area contributed by atoms with Crippen LogP contribution < -0.4 is 4.90 Å². The van der Waals surface area contributed by atoms with Gasteiger partial charge in [0.25, 0.3) is 0 Å². The lowest BCUT2D eigenvalue weighted by molar-refractivity contribution is -0.141. The summed E-state index contributed by atoms with van der Waals surface area (Å²) in [6.07, 6.45) is 2.09. The van der Waals surface area contributed by atoms with Crippen molar-refractivity contribution in [3.63, 3.8) is 0 Å². The lowest BCUT2D eigenvalue weighted by Crippen LogP contribution is -2.36. The van der Waals surface area contributed by atoms with Crippen molar-refractivity contribution in [3.8, 4) is 0 Å². The molecule has 1 N–H and O–H groups in total. The summed E-state index contributed by atoms with van der Waals surface area (Å²) in [6, 6.07) is 6.33. The fourth-order valence-electron chi connectivity index (χ4n) is 3.42. The Balaban J connectivity index is 1.63. The van der Waals surface area contributed by atoms with Crippen molar-refractivity contribution in [3.05, 3.63) is 54.1 Å². The van der Waals surface area contributed by atoms with Crippen molar-refractivity contribution < 1.29 is 18.3 Å². The molecule has 1 aliphatic rings. The molecule has 3 rings (SSSR count). The topological polar surface area (TPSA) is 49.3 Å². The third kappa shape index (κ3) is 4.10. The highest BCUT2D eigenvalue weighted by atomic mass is 19.4. The first-order valence-electron chi connectivity index (χ1n) is 8.28. The zero-order valence-corrected chi connectivity index (χ0v) is 13.7. The zero-order valence-electron chi connectivity index (χ0n) is 13.7. The van der Waals surface area contributed by atoms with Gasteiger partial charge in [-0.05, 0) is 42.5 Å². The first-order chi connectivity index (χ1) is 12.0. The molecule has 0 spiro atoms. The Morgan fingerprint density at radius 2 is 1.92 bits per heavy atom. The largest absolute Gasteiger partial charge is 0.433 e. The number of alkyl halides is 3. The quantitative estimate of drug-likeness (QED) is 0.916. The van der Waals surface area contributed by atoms with E-state index in [4.69, 9.17) is 0 Å². The summed E-state index contributed by atoms with van der Waals surface area (Å²) in [5.74, 6) is 0.370. The minimum atomic E-state index is -4.41. The van der Waals surface area contributed by atoms with Gasteiger partial charge in [-0.3, -0.25) is 4.98 Å². The molecular weight excluding hydrogens is 331 g/mol. The standard InChI is InChI=1S/C18H20F3N3O/c19-18(20,21)17-4-3-15(11-23-17)24-8-5-13(6-9-24)16(12-25)14-2-1-7-22-10-14/h1-4,7,10-11,13,16,25H,5-6,8-9,12H2. The zero-order chi connectivity index (χ0) is 17.9. The minimum Gasteiger partial charge on any atom is -0.396 e. The van der Waals surface area contributed by atoms with E-state index in [-0.39, 0.29) is 12.5 Å². The summed E-state index contributed by atoms with van der Waals surface area (Å²) in [5.41, 5.74) is 0.857. The van der Waals surface area contributed by atoms with Crippen LogP contribution in [0.1, 0.15) is 30.0 Å². The Morgan fingerprint density at radius 3 is 2.44 bits per heavy atom. The van der Waals surface area contributed by atoms with E-state index >= 15 is 0 Å². The normalized spacial score (nSPS) is 17.5. The van der Waals surface area contributed by atoms with Crippen molar-refractivity contribution in [2.45, 2.75) is 24.9 Å². The second kappa shape index (κ2) is 7.39. The molecule has 0 aliphatic carbocycles. The van der Waals surface area contributed by atoms with Crippen LogP contribution in [0.4, 0.5) is 18.9 Å². The number of hydrogen-bond acceptors (Lipinski definition) is 4. The van der Waals surface area contributed by atoms with Gasteiger partial charge < -0.3 is 10.0 Å². The van der Waals surface area contributed by atoms with Gasteiger partial charge in [-0.2, -0.15) is 13.2 Å². The monoisotopic (exact) mass is 351 g/mol. The molecule has 0 aromatic carbocycles. The average molecular weight is 351 g/mol. The molecule has 0 bridgehead atoms. The molecule has 1 fully saturated rings. The Hall–Kier alpha value is -2.15. The van der Waals surface area contributed by atoms with Crippen LogP contribution in [-0.2, 0) is 6.18 Å². The van der Waals surface area contributed by atoms with Gasteiger partial charge in [0, 0.05) is 31.4 Å². The Morgan fingerprint density at radius 1 is 1.16 bits per heavy atom. The number of rotatable bonds is 4. The summed E-state index contributed by atoms with van der Waals surface area (Å²) >= 11 is 0. The molecule has 3 heterocycles. The van der Waals surface area contributed by atoms with Crippen LogP contribution in [0.5, 0.6) is 0 Å². The summed E-state index contributed by atoms with van der Waals surface area (Å²) in [5, 5.41) is 9.76. The number of pyridine rings is 2. The highest BCUT2D eigenvalue weighted by molar-refractivity contribution is 5.45. The minimum absolute atomic E-state index is 0.0431. The predicted molar refractivity (Wildman–Crippen MR) is 88.2 cm³/mol. The molecule has 0 radical (unpaired) electrons. The number of nitrogens with zero attached hydrogens (tertiary/aromatic N) is 3. The number of piperidine rings is 1. The Kier molecular flexibility index (Phi) is 5.22. The van der Waals surface area contributed by atoms with Crippen molar-refractivity contribution in [2.24, 2.45) is 5.92 Å². The number of anilines is 1. The van der Waals surface area contributed by atoms with Gasteiger partial charge in [-0.15, -0.1) is 0 Å². The van der Waals surface area contributed by atoms with Crippen LogP contribution in [0, 0.1) is 5.92 Å². The Bertz CT molecular complexity index is 668. The van der Waals surface area contributed by atoms with Crippen LogP contribution in [0.2, 0.25) is 0 Å². The molecule has 0 amide bonds. The van der Waals surface area contributed by atoms with Gasteiger partial charge in [0.05, 0.1) is 18.5 Å². The lowest BCUT2D eigenvalue weighted by Gasteiger charge is -2.36. The van der Waals surface area contributed by atoms with Gasteiger partial charge in [0.2, 0.25) is 0 Å². The summed E-state index contributed by atoms with van der Waals surface area (Å²) < 4.78 is 37.8. The van der Waals surface area contributed by atoms with E-state index in [9.17, 15) is 18.3 Å². The molecule has 4 nitrogen and oxygen atoms in total. The maximum Gasteiger partial charge on any atom is 0.433 e. The van der Waals surface area contributed by atoms with E-state index in [1.54, 1.807) is 12.4 Å². The van der Waals surface area contributed by atoms with E-state index in [0.717, 1.165) is 37.6 Å². The highest BCUT2D eigenvalue weighted by Gasteiger charge is 2.32. The second-order valence-electron chi connectivity index (χ2n) is 6.30. The lowest BCUT2D eigenvalue weighted by atomic mass is 9.81. The van der Waals surface area contributed by atoms with Crippen molar-refractivity contribution in [1.29, 1.82) is 0 Å². The van der Waals surface area contributed by atoms with Gasteiger partial charge in [-0.1, -0.05) is 6.07 Å². The number of aromatic nitrogens is 2. The fraction of sp³-hybridized carbons (Fsp3) is 0.444. The first-order valence-corrected chi connectivity index (χ1v) is 8.28. The molecule has 25 heavy (non-hydrogen) atoms. The predicted octanol–water partition coefficient (Wildman–Crippen LogP) is 3.49. The van der Waals surface area contributed by atoms with E-state index in [2.05, 4.69) is 9.97 Å². The van der Waals surface area contributed by atoms with Crippen LogP contribution in [0.3, 0.4) is 0 Å². The summed E-state index contributed by atoms with van der Waals surface area (Å²) in [7, 11) is 0. The summed E-state index contributed by atoms with van der Waals surface area (Å²) in [6.45, 7) is 1.53. The molecule has 1 aliphatic heterocycles. The van der Waals surface area contributed by atoms with Crippen molar-refractivity contribution in [1.82, 2.24) is 9.97 Å². The molecule has 2 aromatic rings. The molecule has 1 unspecified atom stereocenters. The van der Waals surface area contributed by atoms with Crippen LogP contribution >= 0.6 is 0 Å². The van der Waals surface area contributed by atoms with Crippen LogP contribution in [-0.4, -0.2) is 34.8 Å². The third-order valence-corrected chi connectivity index (χ3v) is 4.82. The smallest absolute Gasteiger partial charge is 0.396 e.